The minimum atomic E-state index is 0.157. The maximum Gasteiger partial charge on any atom is -0.00137 e. The molecule has 0 aromatic heterocycles. The topological polar surface area (TPSA) is 0 Å². The maximum atomic E-state index is 2.30. The molecule has 30 heavy (non-hydrogen) atoms. The van der Waals surface area contributed by atoms with Crippen molar-refractivity contribution in [1.82, 2.24) is 0 Å². The molecule has 0 heterocycles. The summed E-state index contributed by atoms with van der Waals surface area (Å²) in [7, 11) is 0. The Bertz CT molecular complexity index is 1440. The number of rotatable bonds is 1. The molecule has 0 nitrogen and oxygen atoms in total. The van der Waals surface area contributed by atoms with Crippen LogP contribution in [0.3, 0.4) is 0 Å². The Morgan fingerprint density at radius 2 is 1.03 bits per heavy atom. The molecule has 5 aromatic carbocycles. The lowest BCUT2D eigenvalue weighted by atomic mass is 9.84. The summed E-state index contributed by atoms with van der Waals surface area (Å²) in [4.78, 5) is 0. The molecule has 5 aromatic rings. The average Bonchev–Trinajstić information content (AvgIpc) is 3.10. The summed E-state index contributed by atoms with van der Waals surface area (Å²) in [6, 6.07) is 33.7. The minimum Gasteiger partial charge on any atom is -0.0616 e. The summed E-state index contributed by atoms with van der Waals surface area (Å²) < 4.78 is 0. The molecular weight excluding hydrogens is 360 g/mol. The van der Waals surface area contributed by atoms with Crippen LogP contribution < -0.4 is 0 Å². The predicted molar refractivity (Wildman–Crippen MR) is 130 cm³/mol. The Morgan fingerprint density at radius 1 is 0.467 bits per heavy atom. The molecule has 0 saturated carbocycles. The van der Waals surface area contributed by atoms with Gasteiger partial charge < -0.3 is 0 Å². The molecule has 0 aliphatic heterocycles. The standard InChI is InChI=1S/C30H24/c1-30(2,3)20-17-15-19(16-18-20)27-24-11-6-7-12-25(24)28-22-10-5-4-9-21(22)23-13-8-14-26(27)29(23)28/h4-18H,1-3H3. The van der Waals surface area contributed by atoms with E-state index >= 15 is 0 Å². The zero-order valence-electron chi connectivity index (χ0n) is 17.7. The minimum absolute atomic E-state index is 0.157. The van der Waals surface area contributed by atoms with Gasteiger partial charge in [-0.25, -0.2) is 0 Å². The molecule has 1 aliphatic rings. The molecule has 0 radical (unpaired) electrons. The maximum absolute atomic E-state index is 2.30. The molecule has 0 unspecified atom stereocenters. The lowest BCUT2D eigenvalue weighted by Gasteiger charge is -2.20. The molecule has 6 rings (SSSR count). The molecule has 0 amide bonds. The van der Waals surface area contributed by atoms with Crippen molar-refractivity contribution in [2.75, 3.05) is 0 Å². The first-order valence-electron chi connectivity index (χ1n) is 10.7. The molecule has 0 saturated heterocycles. The first-order chi connectivity index (χ1) is 14.5. The van der Waals surface area contributed by atoms with E-state index in [1.54, 1.807) is 0 Å². The molecule has 144 valence electrons. The van der Waals surface area contributed by atoms with Crippen molar-refractivity contribution in [3.63, 3.8) is 0 Å². The highest BCUT2D eigenvalue weighted by atomic mass is 14.3. The highest BCUT2D eigenvalue weighted by molar-refractivity contribution is 6.29. The fourth-order valence-electron chi connectivity index (χ4n) is 5.12. The Morgan fingerprint density at radius 3 is 1.73 bits per heavy atom. The second-order valence-electron chi connectivity index (χ2n) is 9.40. The molecule has 0 N–H and O–H groups in total. The smallest absolute Gasteiger partial charge is 0.00137 e. The SMILES string of the molecule is CC(C)(C)c1ccc(-c2c3ccccc3c3c4c(cccc24)-c2ccccc2-3)cc1. The molecule has 0 spiro atoms. The van der Waals surface area contributed by atoms with E-state index in [-0.39, 0.29) is 5.41 Å². The summed E-state index contributed by atoms with van der Waals surface area (Å²) in [5.74, 6) is 0. The summed E-state index contributed by atoms with van der Waals surface area (Å²) in [5.41, 5.74) is 9.62. The number of hydrogen-bond donors (Lipinski definition) is 0. The lowest BCUT2D eigenvalue weighted by Crippen LogP contribution is -2.10. The molecular formula is C30H24. The Hall–Kier alpha value is -3.38. The third-order valence-electron chi connectivity index (χ3n) is 6.58. The Kier molecular flexibility index (Phi) is 3.53. The van der Waals surface area contributed by atoms with Crippen molar-refractivity contribution >= 4 is 21.5 Å². The third-order valence-corrected chi connectivity index (χ3v) is 6.58. The number of benzene rings is 5. The van der Waals surface area contributed by atoms with Gasteiger partial charge in [0.25, 0.3) is 0 Å². The van der Waals surface area contributed by atoms with Crippen LogP contribution in [0.1, 0.15) is 26.3 Å². The van der Waals surface area contributed by atoms with E-state index in [2.05, 4.69) is 112 Å². The quantitative estimate of drug-likeness (QED) is 0.249. The van der Waals surface area contributed by atoms with Crippen LogP contribution in [-0.4, -0.2) is 0 Å². The van der Waals surface area contributed by atoms with Gasteiger partial charge in [0.15, 0.2) is 0 Å². The van der Waals surface area contributed by atoms with Crippen LogP contribution in [0.2, 0.25) is 0 Å². The van der Waals surface area contributed by atoms with Crippen LogP contribution in [0.25, 0.3) is 54.9 Å². The monoisotopic (exact) mass is 384 g/mol. The van der Waals surface area contributed by atoms with Gasteiger partial charge in [0.1, 0.15) is 0 Å². The van der Waals surface area contributed by atoms with Crippen molar-refractivity contribution in [1.29, 1.82) is 0 Å². The van der Waals surface area contributed by atoms with E-state index < -0.39 is 0 Å². The van der Waals surface area contributed by atoms with E-state index in [1.807, 2.05) is 0 Å². The van der Waals surface area contributed by atoms with E-state index in [0.717, 1.165) is 0 Å². The summed E-state index contributed by atoms with van der Waals surface area (Å²) in [5, 5.41) is 5.42. The van der Waals surface area contributed by atoms with Crippen molar-refractivity contribution in [2.45, 2.75) is 26.2 Å². The highest BCUT2D eigenvalue weighted by Crippen LogP contribution is 2.53. The van der Waals surface area contributed by atoms with Gasteiger partial charge in [0.2, 0.25) is 0 Å². The van der Waals surface area contributed by atoms with E-state index in [0.29, 0.717) is 0 Å². The van der Waals surface area contributed by atoms with Crippen molar-refractivity contribution in [2.24, 2.45) is 0 Å². The molecule has 0 bridgehead atoms. The average molecular weight is 385 g/mol. The first kappa shape index (κ1) is 17.5. The van der Waals surface area contributed by atoms with Crippen LogP contribution in [0.5, 0.6) is 0 Å². The summed E-state index contributed by atoms with van der Waals surface area (Å²) >= 11 is 0. The number of fused-ring (bicyclic) bond motifs is 5. The third kappa shape index (κ3) is 2.34. The van der Waals surface area contributed by atoms with Gasteiger partial charge in [-0.1, -0.05) is 112 Å². The fraction of sp³-hybridized carbons (Fsp3) is 0.133. The second kappa shape index (κ2) is 6.06. The van der Waals surface area contributed by atoms with E-state index in [9.17, 15) is 0 Å². The zero-order valence-corrected chi connectivity index (χ0v) is 17.7. The van der Waals surface area contributed by atoms with Crippen LogP contribution in [-0.2, 0) is 5.41 Å². The van der Waals surface area contributed by atoms with Crippen LogP contribution >= 0.6 is 0 Å². The highest BCUT2D eigenvalue weighted by Gasteiger charge is 2.25. The normalized spacial score (nSPS) is 12.5. The van der Waals surface area contributed by atoms with Crippen LogP contribution in [0.4, 0.5) is 0 Å². The van der Waals surface area contributed by atoms with Gasteiger partial charge in [-0.2, -0.15) is 0 Å². The van der Waals surface area contributed by atoms with Gasteiger partial charge in [0.05, 0.1) is 0 Å². The van der Waals surface area contributed by atoms with Gasteiger partial charge >= 0.3 is 0 Å². The first-order valence-corrected chi connectivity index (χ1v) is 10.7. The zero-order chi connectivity index (χ0) is 20.5. The van der Waals surface area contributed by atoms with Gasteiger partial charge in [0, 0.05) is 0 Å². The van der Waals surface area contributed by atoms with Gasteiger partial charge in [-0.15, -0.1) is 0 Å². The Balaban J connectivity index is 1.76. The van der Waals surface area contributed by atoms with Crippen molar-refractivity contribution in [3.05, 3.63) is 96.6 Å². The van der Waals surface area contributed by atoms with Crippen LogP contribution in [0.15, 0.2) is 91.0 Å². The lowest BCUT2D eigenvalue weighted by molar-refractivity contribution is 0.590. The van der Waals surface area contributed by atoms with Crippen molar-refractivity contribution in [3.8, 4) is 33.4 Å². The van der Waals surface area contributed by atoms with Gasteiger partial charge in [-0.05, 0) is 65.9 Å². The molecule has 0 fully saturated rings. The summed E-state index contributed by atoms with van der Waals surface area (Å²) in [6.07, 6.45) is 0. The number of hydrogen-bond acceptors (Lipinski definition) is 0. The Labute approximate surface area is 177 Å². The second-order valence-corrected chi connectivity index (χ2v) is 9.40. The summed E-state index contributed by atoms with van der Waals surface area (Å²) in [6.45, 7) is 6.81. The predicted octanol–water partition coefficient (Wildman–Crippen LogP) is 8.60. The van der Waals surface area contributed by atoms with Crippen molar-refractivity contribution < 1.29 is 0 Å². The van der Waals surface area contributed by atoms with E-state index in [1.165, 1.54) is 60.5 Å². The largest absolute Gasteiger partial charge is 0.0616 e. The van der Waals surface area contributed by atoms with Crippen LogP contribution in [0, 0.1) is 0 Å². The fourth-order valence-corrected chi connectivity index (χ4v) is 5.12. The molecule has 0 atom stereocenters. The van der Waals surface area contributed by atoms with Gasteiger partial charge in [-0.3, -0.25) is 0 Å². The van der Waals surface area contributed by atoms with E-state index in [4.69, 9.17) is 0 Å². The molecule has 1 aliphatic carbocycles. The molecule has 0 heteroatoms.